The first-order chi connectivity index (χ1) is 14.7. The summed E-state index contributed by atoms with van der Waals surface area (Å²) in [5, 5.41) is 10.7. The molecule has 0 radical (unpaired) electrons. The molecule has 1 aromatic heterocycles. The molecule has 0 unspecified atom stereocenters. The minimum absolute atomic E-state index is 0.0966. The van der Waals surface area contributed by atoms with Crippen LogP contribution >= 0.6 is 0 Å². The number of aromatic nitrogens is 2. The Morgan fingerprint density at radius 1 is 1.19 bits per heavy atom. The normalized spacial score (nSPS) is 16.0. The summed E-state index contributed by atoms with van der Waals surface area (Å²) in [5.74, 6) is -2.06. The first kappa shape index (κ1) is 21.4. The molecule has 5 nitrogen and oxygen atoms in total. The van der Waals surface area contributed by atoms with Gasteiger partial charge in [0.15, 0.2) is 17.3 Å². The lowest BCUT2D eigenvalue weighted by molar-refractivity contribution is 0.0892. The molecule has 2 aromatic carbocycles. The maximum absolute atomic E-state index is 14.2. The lowest BCUT2D eigenvalue weighted by Gasteiger charge is -2.36. The molecule has 4 rings (SSSR count). The fraction of sp³-hybridized carbons (Fsp3) is 0.417. The van der Waals surface area contributed by atoms with Gasteiger partial charge in [0.05, 0.1) is 5.52 Å². The van der Waals surface area contributed by atoms with E-state index in [-0.39, 0.29) is 28.6 Å². The van der Waals surface area contributed by atoms with Gasteiger partial charge >= 0.3 is 0 Å². The van der Waals surface area contributed by atoms with Crippen molar-refractivity contribution < 1.29 is 13.6 Å². The number of likely N-dealkylation sites (tertiary alicyclic amines) is 1. The third-order valence-corrected chi connectivity index (χ3v) is 5.66. The van der Waals surface area contributed by atoms with E-state index in [9.17, 15) is 13.6 Å². The number of amides is 1. The second kappa shape index (κ2) is 8.38. The third-order valence-electron chi connectivity index (χ3n) is 5.66. The standard InChI is InChI=1S/C24H28F2N4O/c1-24(2,3)14-30-11-9-16(10-12-30)27-23(31)22-18-13-15(7-8-20(18)28-29-22)17-5-4-6-19(25)21(17)26/h4-8,13,16H,9-12,14H2,1-3H3,(H,27,31)(H,28,29). The summed E-state index contributed by atoms with van der Waals surface area (Å²) < 4.78 is 27.9. The molecule has 1 saturated heterocycles. The average molecular weight is 427 g/mol. The highest BCUT2D eigenvalue weighted by atomic mass is 19.2. The van der Waals surface area contributed by atoms with Crippen LogP contribution in [0.2, 0.25) is 0 Å². The Balaban J connectivity index is 1.50. The van der Waals surface area contributed by atoms with Crippen molar-refractivity contribution in [2.24, 2.45) is 5.41 Å². The van der Waals surface area contributed by atoms with E-state index in [1.54, 1.807) is 18.2 Å². The topological polar surface area (TPSA) is 61.0 Å². The summed E-state index contributed by atoms with van der Waals surface area (Å²) in [5.41, 5.74) is 1.84. The van der Waals surface area contributed by atoms with Crippen molar-refractivity contribution in [3.05, 3.63) is 53.7 Å². The van der Waals surface area contributed by atoms with Crippen molar-refractivity contribution in [3.63, 3.8) is 0 Å². The number of benzene rings is 2. The first-order valence-electron chi connectivity index (χ1n) is 10.7. The molecule has 0 aliphatic carbocycles. The summed E-state index contributed by atoms with van der Waals surface area (Å²) in [7, 11) is 0. The maximum atomic E-state index is 14.2. The lowest BCUT2D eigenvalue weighted by Crippen LogP contribution is -2.46. The van der Waals surface area contributed by atoms with Crippen molar-refractivity contribution in [3.8, 4) is 11.1 Å². The highest BCUT2D eigenvalue weighted by Crippen LogP contribution is 2.28. The SMILES string of the molecule is CC(C)(C)CN1CCC(NC(=O)c2n[nH]c3ccc(-c4cccc(F)c4F)cc23)CC1. The minimum Gasteiger partial charge on any atom is -0.348 e. The van der Waals surface area contributed by atoms with Gasteiger partial charge in [0.1, 0.15) is 0 Å². The molecular weight excluding hydrogens is 398 g/mol. The number of rotatable bonds is 4. The smallest absolute Gasteiger partial charge is 0.272 e. The van der Waals surface area contributed by atoms with Gasteiger partial charge in [-0.25, -0.2) is 8.78 Å². The van der Waals surface area contributed by atoms with E-state index in [4.69, 9.17) is 0 Å². The van der Waals surface area contributed by atoms with Crippen LogP contribution in [0.1, 0.15) is 44.1 Å². The van der Waals surface area contributed by atoms with Crippen LogP contribution in [0, 0.1) is 17.0 Å². The molecule has 2 heterocycles. The second-order valence-electron chi connectivity index (χ2n) is 9.52. The van der Waals surface area contributed by atoms with E-state index in [0.29, 0.717) is 16.5 Å². The van der Waals surface area contributed by atoms with Gasteiger partial charge in [-0.2, -0.15) is 5.10 Å². The maximum Gasteiger partial charge on any atom is 0.272 e. The van der Waals surface area contributed by atoms with Gasteiger partial charge in [-0.1, -0.05) is 39.0 Å². The Hall–Kier alpha value is -2.80. The molecule has 0 atom stereocenters. The van der Waals surface area contributed by atoms with Crippen molar-refractivity contribution in [1.29, 1.82) is 0 Å². The Morgan fingerprint density at radius 2 is 1.94 bits per heavy atom. The fourth-order valence-corrected chi connectivity index (χ4v) is 4.24. The molecule has 31 heavy (non-hydrogen) atoms. The van der Waals surface area contributed by atoms with E-state index in [2.05, 4.69) is 41.2 Å². The Morgan fingerprint density at radius 3 is 2.65 bits per heavy atom. The minimum atomic E-state index is -0.904. The van der Waals surface area contributed by atoms with Crippen LogP contribution in [0.5, 0.6) is 0 Å². The molecule has 3 aromatic rings. The number of nitrogens with zero attached hydrogens (tertiary/aromatic N) is 2. The van der Waals surface area contributed by atoms with E-state index < -0.39 is 11.6 Å². The van der Waals surface area contributed by atoms with Crippen LogP contribution in [-0.4, -0.2) is 46.7 Å². The van der Waals surface area contributed by atoms with E-state index >= 15 is 0 Å². The monoisotopic (exact) mass is 426 g/mol. The molecule has 164 valence electrons. The van der Waals surface area contributed by atoms with E-state index in [0.717, 1.165) is 38.5 Å². The number of hydrogen-bond acceptors (Lipinski definition) is 3. The van der Waals surface area contributed by atoms with Crippen LogP contribution in [0.25, 0.3) is 22.0 Å². The predicted molar refractivity (Wildman–Crippen MR) is 118 cm³/mol. The summed E-state index contributed by atoms with van der Waals surface area (Å²) in [6.07, 6.45) is 1.79. The molecule has 1 aliphatic rings. The number of halogens is 2. The summed E-state index contributed by atoms with van der Waals surface area (Å²) in [6.45, 7) is 9.63. The predicted octanol–water partition coefficient (Wildman–Crippen LogP) is 4.75. The van der Waals surface area contributed by atoms with E-state index in [1.165, 1.54) is 12.1 Å². The van der Waals surface area contributed by atoms with Gasteiger partial charge in [0, 0.05) is 36.6 Å². The second-order valence-corrected chi connectivity index (χ2v) is 9.52. The Labute approximate surface area is 180 Å². The Kier molecular flexibility index (Phi) is 5.79. The Bertz CT molecular complexity index is 1090. The lowest BCUT2D eigenvalue weighted by atomic mass is 9.94. The number of nitrogens with one attached hydrogen (secondary N) is 2. The van der Waals surface area contributed by atoms with Crippen molar-refractivity contribution >= 4 is 16.8 Å². The molecule has 0 spiro atoms. The first-order valence-corrected chi connectivity index (χ1v) is 10.7. The molecule has 7 heteroatoms. The summed E-state index contributed by atoms with van der Waals surface area (Å²) in [6, 6.07) is 9.25. The van der Waals surface area contributed by atoms with Gasteiger partial charge < -0.3 is 10.2 Å². The van der Waals surface area contributed by atoms with Crippen LogP contribution < -0.4 is 5.32 Å². The molecule has 0 bridgehead atoms. The number of piperidine rings is 1. The number of aromatic amines is 1. The third kappa shape index (κ3) is 4.77. The number of carbonyl (C=O) groups excluding carboxylic acids is 1. The van der Waals surface area contributed by atoms with Gasteiger partial charge in [-0.3, -0.25) is 9.89 Å². The summed E-state index contributed by atoms with van der Waals surface area (Å²) >= 11 is 0. The van der Waals surface area contributed by atoms with Crippen LogP contribution in [0.3, 0.4) is 0 Å². The van der Waals surface area contributed by atoms with Gasteiger partial charge in [-0.05, 0) is 42.0 Å². The molecule has 1 aliphatic heterocycles. The molecule has 1 amide bonds. The molecule has 0 saturated carbocycles. The number of carbonyl (C=O) groups is 1. The number of fused-ring (bicyclic) bond motifs is 1. The average Bonchev–Trinajstić information content (AvgIpc) is 3.14. The van der Waals surface area contributed by atoms with E-state index in [1.807, 2.05) is 0 Å². The van der Waals surface area contributed by atoms with Crippen molar-refractivity contribution in [2.75, 3.05) is 19.6 Å². The highest BCUT2D eigenvalue weighted by Gasteiger charge is 2.25. The zero-order chi connectivity index (χ0) is 22.2. The summed E-state index contributed by atoms with van der Waals surface area (Å²) in [4.78, 5) is 15.4. The zero-order valence-electron chi connectivity index (χ0n) is 18.1. The largest absolute Gasteiger partial charge is 0.348 e. The fourth-order valence-electron chi connectivity index (χ4n) is 4.24. The zero-order valence-corrected chi connectivity index (χ0v) is 18.1. The van der Waals surface area contributed by atoms with Crippen molar-refractivity contribution in [1.82, 2.24) is 20.4 Å². The van der Waals surface area contributed by atoms with Crippen LogP contribution in [-0.2, 0) is 0 Å². The molecule has 1 fully saturated rings. The quantitative estimate of drug-likeness (QED) is 0.633. The molecule has 2 N–H and O–H groups in total. The van der Waals surface area contributed by atoms with Crippen LogP contribution in [0.4, 0.5) is 8.78 Å². The van der Waals surface area contributed by atoms with Crippen LogP contribution in [0.15, 0.2) is 36.4 Å². The number of H-pyrrole nitrogens is 1. The van der Waals surface area contributed by atoms with Crippen molar-refractivity contribution in [2.45, 2.75) is 39.7 Å². The van der Waals surface area contributed by atoms with Gasteiger partial charge in [-0.15, -0.1) is 0 Å². The van der Waals surface area contributed by atoms with Gasteiger partial charge in [0.25, 0.3) is 5.91 Å². The highest BCUT2D eigenvalue weighted by molar-refractivity contribution is 6.05. The van der Waals surface area contributed by atoms with Gasteiger partial charge in [0.2, 0.25) is 0 Å². The molecular formula is C24H28F2N4O. The number of hydrogen-bond donors (Lipinski definition) is 2.